The number of likely N-dealkylation sites (tertiary alicyclic amines) is 1. The van der Waals surface area contributed by atoms with E-state index in [1.54, 1.807) is 22.4 Å². The van der Waals surface area contributed by atoms with Gasteiger partial charge in [-0.2, -0.15) is 0 Å². The summed E-state index contributed by atoms with van der Waals surface area (Å²) in [6.45, 7) is 8.98. The van der Waals surface area contributed by atoms with E-state index in [0.29, 0.717) is 6.54 Å². The molecule has 5 nitrogen and oxygen atoms in total. The molecule has 2 atom stereocenters. The summed E-state index contributed by atoms with van der Waals surface area (Å²) in [5.41, 5.74) is -0.459. The first-order chi connectivity index (χ1) is 9.85. The number of thiazole rings is 1. The minimum atomic E-state index is -0.459. The molecule has 0 spiro atoms. The standard InChI is InChI=1S/C15H24N2O3S/c1-11(13-16-7-9-21-13)19-12-6-5-8-17(10-12)14(18)20-15(2,3)4/h7,9,11-12H,5-6,8,10H2,1-4H3/t11?,12-/m1/s1. The lowest BCUT2D eigenvalue weighted by Crippen LogP contribution is -2.45. The van der Waals surface area contributed by atoms with Gasteiger partial charge in [0, 0.05) is 18.1 Å². The maximum absolute atomic E-state index is 12.1. The zero-order valence-electron chi connectivity index (χ0n) is 13.2. The van der Waals surface area contributed by atoms with Crippen molar-refractivity contribution in [3.05, 3.63) is 16.6 Å². The Bertz CT molecular complexity index is 456. The van der Waals surface area contributed by atoms with Gasteiger partial charge < -0.3 is 14.4 Å². The number of carbonyl (C=O) groups excluding carboxylic acids is 1. The van der Waals surface area contributed by atoms with E-state index in [4.69, 9.17) is 9.47 Å². The molecule has 0 saturated carbocycles. The Labute approximate surface area is 130 Å². The second-order valence-electron chi connectivity index (χ2n) is 6.34. The van der Waals surface area contributed by atoms with E-state index in [9.17, 15) is 4.79 Å². The zero-order valence-corrected chi connectivity index (χ0v) is 14.0. The predicted molar refractivity (Wildman–Crippen MR) is 82.4 cm³/mol. The van der Waals surface area contributed by atoms with Gasteiger partial charge >= 0.3 is 6.09 Å². The molecule has 0 radical (unpaired) electrons. The van der Waals surface area contributed by atoms with Gasteiger partial charge in [0.15, 0.2) is 0 Å². The van der Waals surface area contributed by atoms with Crippen LogP contribution in [0.5, 0.6) is 0 Å². The molecule has 2 heterocycles. The van der Waals surface area contributed by atoms with Crippen molar-refractivity contribution in [2.75, 3.05) is 13.1 Å². The fraction of sp³-hybridized carbons (Fsp3) is 0.733. The van der Waals surface area contributed by atoms with Crippen LogP contribution in [0.15, 0.2) is 11.6 Å². The van der Waals surface area contributed by atoms with Crippen LogP contribution in [0, 0.1) is 0 Å². The second kappa shape index (κ2) is 6.75. The summed E-state index contributed by atoms with van der Waals surface area (Å²) in [4.78, 5) is 18.1. The van der Waals surface area contributed by atoms with E-state index in [1.165, 1.54) is 0 Å². The van der Waals surface area contributed by atoms with Crippen LogP contribution in [0.3, 0.4) is 0 Å². The molecular weight excluding hydrogens is 288 g/mol. The van der Waals surface area contributed by atoms with E-state index < -0.39 is 5.60 Å². The molecule has 1 aliphatic heterocycles. The first-order valence-electron chi connectivity index (χ1n) is 7.38. The molecule has 0 N–H and O–H groups in total. The lowest BCUT2D eigenvalue weighted by atomic mass is 10.1. The van der Waals surface area contributed by atoms with Gasteiger partial charge in [0.1, 0.15) is 16.7 Å². The molecule has 1 unspecified atom stereocenters. The summed E-state index contributed by atoms with van der Waals surface area (Å²) in [5, 5.41) is 2.92. The number of amides is 1. The van der Waals surface area contributed by atoms with Crippen LogP contribution < -0.4 is 0 Å². The normalized spacial score (nSPS) is 21.1. The Morgan fingerprint density at radius 1 is 1.52 bits per heavy atom. The Morgan fingerprint density at radius 3 is 2.90 bits per heavy atom. The Balaban J connectivity index is 1.87. The van der Waals surface area contributed by atoms with Crippen molar-refractivity contribution in [2.24, 2.45) is 0 Å². The van der Waals surface area contributed by atoms with Gasteiger partial charge in [0.05, 0.1) is 12.6 Å². The van der Waals surface area contributed by atoms with Crippen molar-refractivity contribution in [2.45, 2.75) is 58.3 Å². The van der Waals surface area contributed by atoms with E-state index in [0.717, 1.165) is 24.4 Å². The van der Waals surface area contributed by atoms with E-state index >= 15 is 0 Å². The minimum absolute atomic E-state index is 0.0337. The van der Waals surface area contributed by atoms with Crippen molar-refractivity contribution in [3.8, 4) is 0 Å². The fourth-order valence-corrected chi connectivity index (χ4v) is 2.95. The molecule has 1 aliphatic rings. The smallest absolute Gasteiger partial charge is 0.410 e. The summed E-state index contributed by atoms with van der Waals surface area (Å²) in [5.74, 6) is 0. The number of hydrogen-bond acceptors (Lipinski definition) is 5. The van der Waals surface area contributed by atoms with Gasteiger partial charge in [-0.1, -0.05) is 0 Å². The van der Waals surface area contributed by atoms with E-state index in [1.807, 2.05) is 33.1 Å². The maximum Gasteiger partial charge on any atom is 0.410 e. The molecule has 1 saturated heterocycles. The number of piperidine rings is 1. The third kappa shape index (κ3) is 4.97. The summed E-state index contributed by atoms with van der Waals surface area (Å²) < 4.78 is 11.5. The van der Waals surface area contributed by atoms with Gasteiger partial charge in [0.25, 0.3) is 0 Å². The van der Waals surface area contributed by atoms with Crippen LogP contribution >= 0.6 is 11.3 Å². The molecule has 0 bridgehead atoms. The average Bonchev–Trinajstić information content (AvgIpc) is 2.91. The molecule has 1 fully saturated rings. The average molecular weight is 312 g/mol. The van der Waals surface area contributed by atoms with E-state index in [-0.39, 0.29) is 18.3 Å². The molecule has 118 valence electrons. The van der Waals surface area contributed by atoms with Crippen LogP contribution in [0.1, 0.15) is 51.6 Å². The summed E-state index contributed by atoms with van der Waals surface area (Å²) in [7, 11) is 0. The Hall–Kier alpha value is -1.14. The summed E-state index contributed by atoms with van der Waals surface area (Å²) in [6.07, 6.45) is 3.45. The number of rotatable bonds is 3. The van der Waals surface area contributed by atoms with Crippen molar-refractivity contribution in [1.29, 1.82) is 0 Å². The van der Waals surface area contributed by atoms with E-state index in [2.05, 4.69) is 4.98 Å². The lowest BCUT2D eigenvalue weighted by molar-refractivity contribution is -0.0485. The minimum Gasteiger partial charge on any atom is -0.444 e. The van der Waals surface area contributed by atoms with Gasteiger partial charge in [-0.3, -0.25) is 0 Å². The largest absolute Gasteiger partial charge is 0.444 e. The van der Waals surface area contributed by atoms with Crippen molar-refractivity contribution >= 4 is 17.4 Å². The third-order valence-corrected chi connectivity index (χ3v) is 4.16. The number of carbonyl (C=O) groups is 1. The topological polar surface area (TPSA) is 51.7 Å². The first-order valence-corrected chi connectivity index (χ1v) is 8.26. The highest BCUT2D eigenvalue weighted by molar-refractivity contribution is 7.09. The first kappa shape index (κ1) is 16.2. The molecule has 0 aromatic carbocycles. The molecular formula is C15H24N2O3S. The third-order valence-electron chi connectivity index (χ3n) is 3.23. The molecule has 6 heteroatoms. The van der Waals surface area contributed by atoms with Gasteiger partial charge in [-0.25, -0.2) is 9.78 Å². The molecule has 1 aromatic rings. The second-order valence-corrected chi connectivity index (χ2v) is 7.27. The van der Waals surface area contributed by atoms with Crippen molar-refractivity contribution in [1.82, 2.24) is 9.88 Å². The highest BCUT2D eigenvalue weighted by Crippen LogP contribution is 2.25. The van der Waals surface area contributed by atoms with Crippen LogP contribution in [-0.2, 0) is 9.47 Å². The lowest BCUT2D eigenvalue weighted by Gasteiger charge is -2.34. The van der Waals surface area contributed by atoms with Crippen LogP contribution in [-0.4, -0.2) is 40.8 Å². The van der Waals surface area contributed by atoms with Crippen LogP contribution in [0.2, 0.25) is 0 Å². The molecule has 2 rings (SSSR count). The number of nitrogens with zero attached hydrogens (tertiary/aromatic N) is 2. The van der Waals surface area contributed by atoms with Crippen molar-refractivity contribution in [3.63, 3.8) is 0 Å². The van der Waals surface area contributed by atoms with Gasteiger partial charge in [-0.05, 0) is 40.5 Å². The number of aromatic nitrogens is 1. The Kier molecular flexibility index (Phi) is 5.22. The maximum atomic E-state index is 12.1. The quantitative estimate of drug-likeness (QED) is 0.855. The fourth-order valence-electron chi connectivity index (χ4n) is 2.32. The van der Waals surface area contributed by atoms with Crippen LogP contribution in [0.25, 0.3) is 0 Å². The number of hydrogen-bond donors (Lipinski definition) is 0. The van der Waals surface area contributed by atoms with Crippen LogP contribution in [0.4, 0.5) is 4.79 Å². The number of ether oxygens (including phenoxy) is 2. The SMILES string of the molecule is CC(O[C@@H]1CCCN(C(=O)OC(C)(C)C)C1)c1nccs1. The Morgan fingerprint density at radius 2 is 2.29 bits per heavy atom. The molecule has 1 aromatic heterocycles. The highest BCUT2D eigenvalue weighted by Gasteiger charge is 2.29. The zero-order chi connectivity index (χ0) is 15.5. The van der Waals surface area contributed by atoms with Gasteiger partial charge in [0.2, 0.25) is 0 Å². The molecule has 21 heavy (non-hydrogen) atoms. The molecule has 0 aliphatic carbocycles. The summed E-state index contributed by atoms with van der Waals surface area (Å²) in [6, 6.07) is 0. The van der Waals surface area contributed by atoms with Crippen molar-refractivity contribution < 1.29 is 14.3 Å². The monoisotopic (exact) mass is 312 g/mol. The summed E-state index contributed by atoms with van der Waals surface area (Å²) >= 11 is 1.59. The predicted octanol–water partition coefficient (Wildman–Crippen LogP) is 3.62. The highest BCUT2D eigenvalue weighted by atomic mass is 32.1. The molecule has 1 amide bonds. The van der Waals surface area contributed by atoms with Gasteiger partial charge in [-0.15, -0.1) is 11.3 Å².